The maximum Gasteiger partial charge on any atom is 0.307 e. The number of nitrogens with zero attached hydrogens (tertiary/aromatic N) is 2. The van der Waals surface area contributed by atoms with Gasteiger partial charge in [0.25, 0.3) is 0 Å². The summed E-state index contributed by atoms with van der Waals surface area (Å²) in [5, 5.41) is 9.88. The average Bonchev–Trinajstić information content (AvgIpc) is 2.68. The van der Waals surface area contributed by atoms with E-state index in [1.165, 1.54) is 5.56 Å². The van der Waals surface area contributed by atoms with E-state index < -0.39 is 17.0 Å². The lowest BCUT2D eigenvalue weighted by Gasteiger charge is -2.43. The van der Waals surface area contributed by atoms with Gasteiger partial charge >= 0.3 is 5.97 Å². The number of carbonyl (C=O) groups is 1. The van der Waals surface area contributed by atoms with Crippen LogP contribution in [-0.4, -0.2) is 56.2 Å². The Labute approximate surface area is 186 Å². The van der Waals surface area contributed by atoms with Gasteiger partial charge in [0.2, 0.25) is 0 Å². The summed E-state index contributed by atoms with van der Waals surface area (Å²) in [6, 6.07) is 13.7. The number of aryl methyl sites for hydroxylation is 1. The minimum atomic E-state index is -1.32. The van der Waals surface area contributed by atoms with Gasteiger partial charge in [0.15, 0.2) is 0 Å². The summed E-state index contributed by atoms with van der Waals surface area (Å²) in [5.41, 5.74) is 2.89. The van der Waals surface area contributed by atoms with Crippen molar-refractivity contribution in [2.75, 3.05) is 19.6 Å². The Kier molecular flexibility index (Phi) is 7.69. The van der Waals surface area contributed by atoms with Crippen molar-refractivity contribution in [3.63, 3.8) is 0 Å². The molecule has 0 aromatic heterocycles. The maximum absolute atomic E-state index is 13.3. The first kappa shape index (κ1) is 22.9. The molecule has 0 radical (unpaired) electrons. The molecule has 162 valence electrons. The van der Waals surface area contributed by atoms with Crippen molar-refractivity contribution in [2.45, 2.75) is 50.6 Å². The highest BCUT2D eigenvalue weighted by Crippen LogP contribution is 2.24. The van der Waals surface area contributed by atoms with Gasteiger partial charge in [0.1, 0.15) is 11.0 Å². The van der Waals surface area contributed by atoms with Crippen LogP contribution in [0.25, 0.3) is 0 Å². The van der Waals surface area contributed by atoms with Crippen LogP contribution in [0.5, 0.6) is 0 Å². The van der Waals surface area contributed by atoms with Crippen molar-refractivity contribution in [1.82, 2.24) is 9.21 Å². The van der Waals surface area contributed by atoms with E-state index in [9.17, 15) is 9.00 Å². The van der Waals surface area contributed by atoms with E-state index in [1.807, 2.05) is 35.5 Å². The molecule has 2 aromatic rings. The minimum absolute atomic E-state index is 0.0551. The Morgan fingerprint density at radius 2 is 1.77 bits per heavy atom. The molecule has 0 bridgehead atoms. The molecule has 1 heterocycles. The zero-order valence-corrected chi connectivity index (χ0v) is 19.2. The summed E-state index contributed by atoms with van der Waals surface area (Å²) in [6.07, 6.45) is 0.899. The van der Waals surface area contributed by atoms with Crippen LogP contribution in [0.15, 0.2) is 47.4 Å². The Hall–Kier alpha value is -1.73. The Morgan fingerprint density at radius 3 is 2.37 bits per heavy atom. The van der Waals surface area contributed by atoms with E-state index >= 15 is 0 Å². The number of aliphatic carboxylic acids is 1. The SMILES string of the molecule is Cc1ccc(S(=O)N2[C@H](C)CN(CCc3ccc(Cl)cc3)C[C@@H]2C)cc1CC(=O)O. The molecule has 3 rings (SSSR count). The summed E-state index contributed by atoms with van der Waals surface area (Å²) < 4.78 is 15.4. The molecule has 7 heteroatoms. The van der Waals surface area contributed by atoms with Gasteiger partial charge in [-0.2, -0.15) is 0 Å². The summed E-state index contributed by atoms with van der Waals surface area (Å²) in [4.78, 5) is 14.2. The third-order valence-corrected chi connectivity index (χ3v) is 7.61. The van der Waals surface area contributed by atoms with Crippen LogP contribution >= 0.6 is 11.6 Å². The van der Waals surface area contributed by atoms with Gasteiger partial charge in [-0.15, -0.1) is 0 Å². The van der Waals surface area contributed by atoms with Gasteiger partial charge < -0.3 is 5.11 Å². The summed E-state index contributed by atoms with van der Waals surface area (Å²) in [5.74, 6) is -0.878. The largest absolute Gasteiger partial charge is 0.481 e. The van der Waals surface area contributed by atoms with E-state index in [1.54, 1.807) is 6.07 Å². The summed E-state index contributed by atoms with van der Waals surface area (Å²) >= 11 is 5.96. The molecule has 1 aliphatic rings. The first-order valence-electron chi connectivity index (χ1n) is 10.2. The lowest BCUT2D eigenvalue weighted by molar-refractivity contribution is -0.136. The average molecular weight is 449 g/mol. The number of rotatable bonds is 7. The number of piperazine rings is 1. The molecule has 1 saturated heterocycles. The van der Waals surface area contributed by atoms with Crippen LogP contribution in [-0.2, 0) is 28.6 Å². The van der Waals surface area contributed by atoms with Crippen molar-refractivity contribution in [2.24, 2.45) is 0 Å². The molecule has 0 amide bonds. The fourth-order valence-corrected chi connectivity index (χ4v) is 5.68. The Bertz CT molecular complexity index is 907. The summed E-state index contributed by atoms with van der Waals surface area (Å²) in [7, 11) is -1.32. The van der Waals surface area contributed by atoms with Gasteiger partial charge in [-0.1, -0.05) is 29.8 Å². The third-order valence-electron chi connectivity index (χ3n) is 5.60. The lowest BCUT2D eigenvalue weighted by atomic mass is 10.1. The fourth-order valence-electron chi connectivity index (χ4n) is 4.10. The molecule has 2 aromatic carbocycles. The van der Waals surface area contributed by atoms with Crippen LogP contribution < -0.4 is 0 Å². The van der Waals surface area contributed by atoms with E-state index in [0.29, 0.717) is 4.90 Å². The molecule has 0 saturated carbocycles. The molecular formula is C23H29ClN2O3S. The van der Waals surface area contributed by atoms with E-state index in [4.69, 9.17) is 16.7 Å². The zero-order chi connectivity index (χ0) is 21.8. The van der Waals surface area contributed by atoms with Crippen molar-refractivity contribution >= 4 is 28.6 Å². The second-order valence-electron chi connectivity index (χ2n) is 8.10. The number of carboxylic acids is 1. The van der Waals surface area contributed by atoms with Gasteiger partial charge in [0, 0.05) is 36.7 Å². The quantitative estimate of drug-likeness (QED) is 0.697. The van der Waals surface area contributed by atoms with Crippen molar-refractivity contribution < 1.29 is 14.1 Å². The molecule has 0 spiro atoms. The predicted molar refractivity (Wildman–Crippen MR) is 121 cm³/mol. The number of hydrogen-bond donors (Lipinski definition) is 1. The molecular weight excluding hydrogens is 420 g/mol. The molecule has 1 unspecified atom stereocenters. The third kappa shape index (κ3) is 5.70. The molecule has 1 N–H and O–H groups in total. The van der Waals surface area contributed by atoms with Gasteiger partial charge in [-0.3, -0.25) is 9.69 Å². The highest BCUT2D eigenvalue weighted by molar-refractivity contribution is 7.82. The van der Waals surface area contributed by atoms with Gasteiger partial charge in [-0.25, -0.2) is 8.51 Å². The number of carboxylic acid groups (broad SMARTS) is 1. The second kappa shape index (κ2) is 10.1. The topological polar surface area (TPSA) is 60.9 Å². The first-order valence-corrected chi connectivity index (χ1v) is 11.7. The minimum Gasteiger partial charge on any atom is -0.481 e. The second-order valence-corrected chi connectivity index (χ2v) is 9.93. The number of benzene rings is 2. The van der Waals surface area contributed by atoms with Crippen LogP contribution in [0.2, 0.25) is 5.02 Å². The van der Waals surface area contributed by atoms with Gasteiger partial charge in [0.05, 0.1) is 11.3 Å². The summed E-state index contributed by atoms with van der Waals surface area (Å²) in [6.45, 7) is 8.74. The Morgan fingerprint density at radius 1 is 1.13 bits per heavy atom. The lowest BCUT2D eigenvalue weighted by Crippen LogP contribution is -2.57. The van der Waals surface area contributed by atoms with Crippen LogP contribution in [0, 0.1) is 6.92 Å². The standard InChI is InChI=1S/C23H29ClN2O3S/c1-16-4-9-22(12-20(16)13-23(27)28)30(29)26-17(2)14-25(15-18(26)3)11-10-19-5-7-21(24)8-6-19/h4-9,12,17-18H,10-11,13-15H2,1-3H3,(H,27,28)/t17-,18+,30?. The van der Waals surface area contributed by atoms with Crippen molar-refractivity contribution in [3.8, 4) is 0 Å². The smallest absolute Gasteiger partial charge is 0.307 e. The molecule has 1 fully saturated rings. The number of hydrogen-bond acceptors (Lipinski definition) is 3. The van der Waals surface area contributed by atoms with E-state index in [2.05, 4.69) is 30.9 Å². The molecule has 5 nitrogen and oxygen atoms in total. The van der Waals surface area contributed by atoms with Crippen molar-refractivity contribution in [1.29, 1.82) is 0 Å². The van der Waals surface area contributed by atoms with Crippen LogP contribution in [0.1, 0.15) is 30.5 Å². The van der Waals surface area contributed by atoms with Crippen LogP contribution in [0.4, 0.5) is 0 Å². The van der Waals surface area contributed by atoms with Crippen LogP contribution in [0.3, 0.4) is 0 Å². The van der Waals surface area contributed by atoms with Gasteiger partial charge in [-0.05, 0) is 68.1 Å². The fraction of sp³-hybridized carbons (Fsp3) is 0.435. The van der Waals surface area contributed by atoms with E-state index in [0.717, 1.165) is 42.2 Å². The molecule has 0 aliphatic carbocycles. The molecule has 30 heavy (non-hydrogen) atoms. The Balaban J connectivity index is 1.65. The molecule has 3 atom stereocenters. The predicted octanol–water partition coefficient (Wildman–Crippen LogP) is 3.94. The highest BCUT2D eigenvalue weighted by atomic mass is 35.5. The van der Waals surface area contributed by atoms with Crippen molar-refractivity contribution in [3.05, 3.63) is 64.2 Å². The normalized spacial score (nSPS) is 21.5. The zero-order valence-electron chi connectivity index (χ0n) is 17.7. The van der Waals surface area contributed by atoms with E-state index in [-0.39, 0.29) is 18.5 Å². The number of halogens is 1. The highest BCUT2D eigenvalue weighted by Gasteiger charge is 2.33. The molecule has 1 aliphatic heterocycles. The first-order chi connectivity index (χ1) is 14.2. The monoisotopic (exact) mass is 448 g/mol. The maximum atomic E-state index is 13.3.